The first-order valence-corrected chi connectivity index (χ1v) is 10.8. The Labute approximate surface area is 169 Å². The first-order chi connectivity index (χ1) is 13.1. The summed E-state index contributed by atoms with van der Waals surface area (Å²) in [5.41, 5.74) is 6.96. The molecule has 0 aliphatic carbocycles. The highest BCUT2D eigenvalue weighted by Gasteiger charge is 2.14. The SMILES string of the molecule is CS(=O)(=O)Nc1cc(C(=O)Nc2nc(-c3c[nH]c(C(N)=O)c3)cs2)ccc1Cl. The van der Waals surface area contributed by atoms with Crippen molar-refractivity contribution in [3.8, 4) is 11.3 Å². The number of amides is 2. The molecule has 0 radical (unpaired) electrons. The molecular weight excluding hydrogens is 426 g/mol. The second-order valence-electron chi connectivity index (χ2n) is 5.73. The molecule has 0 fully saturated rings. The van der Waals surface area contributed by atoms with E-state index < -0.39 is 21.8 Å². The zero-order valence-electron chi connectivity index (χ0n) is 14.3. The highest BCUT2D eigenvalue weighted by Crippen LogP contribution is 2.27. The quantitative estimate of drug-likeness (QED) is 0.465. The third kappa shape index (κ3) is 4.68. The highest BCUT2D eigenvalue weighted by molar-refractivity contribution is 7.92. The molecule has 0 atom stereocenters. The van der Waals surface area contributed by atoms with Crippen LogP contribution in [0.3, 0.4) is 0 Å². The van der Waals surface area contributed by atoms with Gasteiger partial charge in [0.1, 0.15) is 5.69 Å². The number of hydrogen-bond donors (Lipinski definition) is 4. The number of sulfonamides is 1. The number of thiazole rings is 1. The van der Waals surface area contributed by atoms with E-state index in [1.165, 1.54) is 29.5 Å². The Kier molecular flexibility index (Phi) is 5.40. The van der Waals surface area contributed by atoms with Gasteiger partial charge in [-0.2, -0.15) is 0 Å². The van der Waals surface area contributed by atoms with Gasteiger partial charge >= 0.3 is 0 Å². The molecule has 28 heavy (non-hydrogen) atoms. The molecule has 2 heterocycles. The molecule has 146 valence electrons. The number of primary amides is 1. The third-order valence-electron chi connectivity index (χ3n) is 3.49. The van der Waals surface area contributed by atoms with Crippen LogP contribution in [0, 0.1) is 0 Å². The number of aromatic amines is 1. The summed E-state index contributed by atoms with van der Waals surface area (Å²) < 4.78 is 25.0. The number of nitrogens with zero attached hydrogens (tertiary/aromatic N) is 1. The van der Waals surface area contributed by atoms with Gasteiger partial charge in [-0.25, -0.2) is 13.4 Å². The average Bonchev–Trinajstić information content (AvgIpc) is 3.24. The highest BCUT2D eigenvalue weighted by atomic mass is 35.5. The first kappa shape index (κ1) is 19.9. The fraction of sp³-hybridized carbons (Fsp3) is 0.0625. The van der Waals surface area contributed by atoms with Gasteiger partial charge in [-0.05, 0) is 24.3 Å². The second kappa shape index (κ2) is 7.62. The molecule has 12 heteroatoms. The van der Waals surface area contributed by atoms with E-state index in [4.69, 9.17) is 17.3 Å². The van der Waals surface area contributed by atoms with Crippen molar-refractivity contribution in [2.24, 2.45) is 5.73 Å². The molecule has 9 nitrogen and oxygen atoms in total. The van der Waals surface area contributed by atoms with Crippen molar-refractivity contribution < 1.29 is 18.0 Å². The molecule has 0 unspecified atom stereocenters. The Bertz CT molecular complexity index is 1170. The number of aromatic nitrogens is 2. The zero-order valence-corrected chi connectivity index (χ0v) is 16.7. The number of carbonyl (C=O) groups excluding carboxylic acids is 2. The summed E-state index contributed by atoms with van der Waals surface area (Å²) in [4.78, 5) is 30.6. The number of hydrogen-bond acceptors (Lipinski definition) is 6. The van der Waals surface area contributed by atoms with Crippen LogP contribution in [0.2, 0.25) is 5.02 Å². The normalized spacial score (nSPS) is 11.2. The standard InChI is InChI=1S/C16H14ClN5O4S2/c1-28(25,26)22-11-4-8(2-3-10(11)17)15(24)21-16-20-13(7-27-16)9-5-12(14(18)23)19-6-9/h2-7,19,22H,1H3,(H2,18,23)(H,20,21,24). The lowest BCUT2D eigenvalue weighted by atomic mass is 10.2. The van der Waals surface area contributed by atoms with Crippen LogP contribution in [-0.4, -0.2) is 36.5 Å². The molecule has 5 N–H and O–H groups in total. The molecule has 3 aromatic rings. The lowest BCUT2D eigenvalue weighted by Crippen LogP contribution is -2.14. The topological polar surface area (TPSA) is 147 Å². The summed E-state index contributed by atoms with van der Waals surface area (Å²) in [6.07, 6.45) is 2.57. The maximum atomic E-state index is 12.5. The van der Waals surface area contributed by atoms with Crippen LogP contribution in [0.5, 0.6) is 0 Å². The minimum Gasteiger partial charge on any atom is -0.364 e. The van der Waals surface area contributed by atoms with Crippen LogP contribution in [0.25, 0.3) is 11.3 Å². The Hall–Kier alpha value is -2.89. The maximum absolute atomic E-state index is 12.5. The monoisotopic (exact) mass is 439 g/mol. The largest absolute Gasteiger partial charge is 0.364 e. The van der Waals surface area contributed by atoms with E-state index in [0.29, 0.717) is 16.4 Å². The van der Waals surface area contributed by atoms with Gasteiger partial charge in [0.15, 0.2) is 5.13 Å². The van der Waals surface area contributed by atoms with E-state index >= 15 is 0 Å². The van der Waals surface area contributed by atoms with Crippen molar-refractivity contribution in [1.82, 2.24) is 9.97 Å². The number of carbonyl (C=O) groups is 2. The molecule has 2 aromatic heterocycles. The summed E-state index contributed by atoms with van der Waals surface area (Å²) in [6.45, 7) is 0. The number of anilines is 2. The summed E-state index contributed by atoms with van der Waals surface area (Å²) in [7, 11) is -3.54. The number of rotatable bonds is 6. The summed E-state index contributed by atoms with van der Waals surface area (Å²) in [5, 5.41) is 4.84. The Balaban J connectivity index is 1.77. The summed E-state index contributed by atoms with van der Waals surface area (Å²) in [5.74, 6) is -1.07. The van der Waals surface area contributed by atoms with Gasteiger partial charge in [-0.3, -0.25) is 19.6 Å². The lowest BCUT2D eigenvalue weighted by Gasteiger charge is -2.08. The van der Waals surface area contributed by atoms with E-state index in [9.17, 15) is 18.0 Å². The van der Waals surface area contributed by atoms with Crippen LogP contribution in [-0.2, 0) is 10.0 Å². The minimum absolute atomic E-state index is 0.1000. The smallest absolute Gasteiger partial charge is 0.265 e. The fourth-order valence-corrected chi connectivity index (χ4v) is 3.77. The minimum atomic E-state index is -3.54. The lowest BCUT2D eigenvalue weighted by molar-refractivity contribution is 0.0994. The molecular formula is C16H14ClN5O4S2. The van der Waals surface area contributed by atoms with Crippen molar-refractivity contribution in [2.45, 2.75) is 0 Å². The fourth-order valence-electron chi connectivity index (χ4n) is 2.26. The molecule has 3 rings (SSSR count). The number of benzene rings is 1. The van der Waals surface area contributed by atoms with E-state index in [1.54, 1.807) is 17.6 Å². The van der Waals surface area contributed by atoms with Gasteiger partial charge in [-0.15, -0.1) is 11.3 Å². The molecule has 2 amide bonds. The van der Waals surface area contributed by atoms with Gasteiger partial charge in [0.2, 0.25) is 10.0 Å². The van der Waals surface area contributed by atoms with Crippen LogP contribution in [0.1, 0.15) is 20.8 Å². The molecule has 0 aliphatic heterocycles. The number of halogens is 1. The van der Waals surface area contributed by atoms with E-state index in [0.717, 1.165) is 6.26 Å². The number of nitrogens with two attached hydrogens (primary N) is 1. The molecule has 0 bridgehead atoms. The van der Waals surface area contributed by atoms with Crippen molar-refractivity contribution >= 4 is 55.6 Å². The second-order valence-corrected chi connectivity index (χ2v) is 8.74. The zero-order chi connectivity index (χ0) is 20.5. The summed E-state index contributed by atoms with van der Waals surface area (Å²) in [6, 6.07) is 5.78. The van der Waals surface area contributed by atoms with Crippen LogP contribution in [0.15, 0.2) is 35.8 Å². The molecule has 1 aromatic carbocycles. The first-order valence-electron chi connectivity index (χ1n) is 7.65. The van der Waals surface area contributed by atoms with Crippen LogP contribution >= 0.6 is 22.9 Å². The maximum Gasteiger partial charge on any atom is 0.265 e. The molecule has 0 saturated heterocycles. The molecule has 0 aliphatic rings. The number of nitrogens with one attached hydrogen (secondary N) is 3. The Morgan fingerprint density at radius 2 is 2.04 bits per heavy atom. The Morgan fingerprint density at radius 3 is 2.68 bits per heavy atom. The van der Waals surface area contributed by atoms with Crippen LogP contribution < -0.4 is 15.8 Å². The molecule has 0 spiro atoms. The van der Waals surface area contributed by atoms with E-state index in [1.807, 2.05) is 0 Å². The van der Waals surface area contributed by atoms with Gasteiger partial charge < -0.3 is 10.7 Å². The summed E-state index contributed by atoms with van der Waals surface area (Å²) >= 11 is 7.15. The van der Waals surface area contributed by atoms with E-state index in [-0.39, 0.29) is 22.0 Å². The van der Waals surface area contributed by atoms with Gasteiger partial charge in [-0.1, -0.05) is 11.6 Å². The van der Waals surface area contributed by atoms with Gasteiger partial charge in [0.25, 0.3) is 11.8 Å². The van der Waals surface area contributed by atoms with Crippen molar-refractivity contribution in [2.75, 3.05) is 16.3 Å². The van der Waals surface area contributed by atoms with Gasteiger partial charge in [0, 0.05) is 22.7 Å². The van der Waals surface area contributed by atoms with Crippen molar-refractivity contribution in [3.05, 3.63) is 52.1 Å². The predicted octanol–water partition coefficient (Wildman–Crippen LogP) is 2.51. The number of H-pyrrole nitrogens is 1. The third-order valence-corrected chi connectivity index (χ3v) is 5.17. The Morgan fingerprint density at radius 1 is 1.29 bits per heavy atom. The van der Waals surface area contributed by atoms with E-state index in [2.05, 4.69) is 20.0 Å². The van der Waals surface area contributed by atoms with Crippen LogP contribution in [0.4, 0.5) is 10.8 Å². The predicted molar refractivity (Wildman–Crippen MR) is 108 cm³/mol. The molecule has 0 saturated carbocycles. The average molecular weight is 440 g/mol. The van der Waals surface area contributed by atoms with Gasteiger partial charge in [0.05, 0.1) is 22.7 Å². The van der Waals surface area contributed by atoms with Crippen molar-refractivity contribution in [3.63, 3.8) is 0 Å². The van der Waals surface area contributed by atoms with Crippen molar-refractivity contribution in [1.29, 1.82) is 0 Å².